The molecule has 0 fully saturated rings. The van der Waals surface area contributed by atoms with Crippen LogP contribution in [0.5, 0.6) is 0 Å². The Kier molecular flexibility index (Phi) is 6.74. The fourth-order valence-electron chi connectivity index (χ4n) is 1.24. The van der Waals surface area contributed by atoms with Crippen LogP contribution >= 0.6 is 12.4 Å². The number of nitrogen functional groups attached to an aromatic ring is 1. The maximum absolute atomic E-state index is 11.7. The molecule has 1 atom stereocenters. The highest BCUT2D eigenvalue weighted by Gasteiger charge is 2.20. The van der Waals surface area contributed by atoms with Gasteiger partial charge in [0.15, 0.2) is 0 Å². The summed E-state index contributed by atoms with van der Waals surface area (Å²) in [5.41, 5.74) is 6.14. The molecule has 0 saturated heterocycles. The molecule has 0 bridgehead atoms. The van der Waals surface area contributed by atoms with Crippen molar-refractivity contribution in [3.63, 3.8) is 0 Å². The average molecular weight is 274 g/mol. The highest BCUT2D eigenvalue weighted by Crippen LogP contribution is 2.02. The highest BCUT2D eigenvalue weighted by molar-refractivity contribution is 5.95. The van der Waals surface area contributed by atoms with Gasteiger partial charge in [0.25, 0.3) is 5.91 Å². The number of ether oxygens (including phenoxy) is 1. The summed E-state index contributed by atoms with van der Waals surface area (Å²) in [5.74, 6) is -0.904. The van der Waals surface area contributed by atoms with E-state index in [0.717, 1.165) is 0 Å². The van der Waals surface area contributed by atoms with Gasteiger partial charge in [0, 0.05) is 0 Å². The molecule has 1 aromatic heterocycles. The lowest BCUT2D eigenvalue weighted by molar-refractivity contribution is -0.142. The van der Waals surface area contributed by atoms with Gasteiger partial charge in [0.2, 0.25) is 0 Å². The second kappa shape index (κ2) is 7.50. The maximum Gasteiger partial charge on any atom is 0.328 e. The topological polar surface area (TPSA) is 94.3 Å². The number of carbonyl (C=O) groups excluding carboxylic acids is 2. The van der Waals surface area contributed by atoms with Crippen molar-refractivity contribution in [1.82, 2.24) is 10.3 Å². The first kappa shape index (κ1) is 16.2. The van der Waals surface area contributed by atoms with Gasteiger partial charge in [-0.15, -0.1) is 12.4 Å². The Labute approximate surface area is 111 Å². The number of aromatic nitrogens is 1. The van der Waals surface area contributed by atoms with Crippen molar-refractivity contribution in [1.29, 1.82) is 0 Å². The number of esters is 1. The van der Waals surface area contributed by atoms with Crippen LogP contribution in [-0.2, 0) is 9.53 Å². The van der Waals surface area contributed by atoms with Crippen LogP contribution in [0, 0.1) is 0 Å². The number of amides is 1. The molecule has 0 aliphatic rings. The SMILES string of the molecule is CCC(NC(=O)c1ccc(N)cn1)C(=O)OC.Cl. The van der Waals surface area contributed by atoms with Gasteiger partial charge in [-0.3, -0.25) is 4.79 Å². The Morgan fingerprint density at radius 2 is 2.17 bits per heavy atom. The Morgan fingerprint density at radius 3 is 2.61 bits per heavy atom. The minimum atomic E-state index is -0.660. The first-order chi connectivity index (χ1) is 8.08. The molecule has 3 N–H and O–H groups in total. The maximum atomic E-state index is 11.7. The minimum Gasteiger partial charge on any atom is -0.467 e. The number of pyridine rings is 1. The van der Waals surface area contributed by atoms with Gasteiger partial charge in [-0.1, -0.05) is 6.92 Å². The van der Waals surface area contributed by atoms with Crippen LogP contribution in [0.1, 0.15) is 23.8 Å². The Hall–Kier alpha value is -1.82. The van der Waals surface area contributed by atoms with Gasteiger partial charge in [-0.05, 0) is 18.6 Å². The third-order valence-corrected chi connectivity index (χ3v) is 2.22. The molecule has 1 unspecified atom stereocenters. The number of hydrogen-bond donors (Lipinski definition) is 2. The van der Waals surface area contributed by atoms with Crippen molar-refractivity contribution in [3.05, 3.63) is 24.0 Å². The monoisotopic (exact) mass is 273 g/mol. The molecular formula is C11H16ClN3O3. The number of halogens is 1. The number of hydrogen-bond acceptors (Lipinski definition) is 5. The lowest BCUT2D eigenvalue weighted by Crippen LogP contribution is -2.41. The third-order valence-electron chi connectivity index (χ3n) is 2.22. The van der Waals surface area contributed by atoms with E-state index in [0.29, 0.717) is 12.1 Å². The first-order valence-corrected chi connectivity index (χ1v) is 5.18. The van der Waals surface area contributed by atoms with E-state index in [1.54, 1.807) is 13.0 Å². The molecule has 0 aliphatic heterocycles. The second-order valence-corrected chi connectivity index (χ2v) is 3.43. The quantitative estimate of drug-likeness (QED) is 0.790. The van der Waals surface area contributed by atoms with E-state index >= 15 is 0 Å². The summed E-state index contributed by atoms with van der Waals surface area (Å²) in [6.45, 7) is 1.78. The molecule has 1 amide bonds. The molecule has 0 saturated carbocycles. The Bertz CT molecular complexity index is 408. The molecule has 1 aromatic rings. The smallest absolute Gasteiger partial charge is 0.328 e. The summed E-state index contributed by atoms with van der Waals surface area (Å²) >= 11 is 0. The third kappa shape index (κ3) is 4.21. The Balaban J connectivity index is 0.00000289. The molecule has 0 radical (unpaired) electrons. The number of methoxy groups -OCH3 is 1. The molecule has 100 valence electrons. The second-order valence-electron chi connectivity index (χ2n) is 3.43. The van der Waals surface area contributed by atoms with E-state index in [2.05, 4.69) is 15.0 Å². The zero-order chi connectivity index (χ0) is 12.8. The van der Waals surface area contributed by atoms with Gasteiger partial charge < -0.3 is 15.8 Å². The van der Waals surface area contributed by atoms with Crippen molar-refractivity contribution < 1.29 is 14.3 Å². The number of nitrogens with two attached hydrogens (primary N) is 1. The van der Waals surface area contributed by atoms with Crippen LogP contribution in [0.4, 0.5) is 5.69 Å². The van der Waals surface area contributed by atoms with Gasteiger partial charge in [0.1, 0.15) is 11.7 Å². The van der Waals surface area contributed by atoms with Gasteiger partial charge >= 0.3 is 5.97 Å². The van der Waals surface area contributed by atoms with E-state index in [1.807, 2.05) is 0 Å². The van der Waals surface area contributed by atoms with Crippen LogP contribution in [0.2, 0.25) is 0 Å². The summed E-state index contributed by atoms with van der Waals surface area (Å²) in [4.78, 5) is 26.9. The van der Waals surface area contributed by atoms with E-state index in [-0.39, 0.29) is 18.1 Å². The summed E-state index contributed by atoms with van der Waals surface area (Å²) in [6.07, 6.45) is 1.83. The molecule has 1 heterocycles. The molecule has 18 heavy (non-hydrogen) atoms. The highest BCUT2D eigenvalue weighted by atomic mass is 35.5. The fourth-order valence-corrected chi connectivity index (χ4v) is 1.24. The number of carbonyl (C=O) groups is 2. The summed E-state index contributed by atoms with van der Waals surface area (Å²) in [5, 5.41) is 2.54. The van der Waals surface area contributed by atoms with Gasteiger partial charge in [-0.25, -0.2) is 9.78 Å². The van der Waals surface area contributed by atoms with E-state index in [4.69, 9.17) is 5.73 Å². The Morgan fingerprint density at radius 1 is 1.50 bits per heavy atom. The molecule has 1 rings (SSSR count). The summed E-state index contributed by atoms with van der Waals surface area (Å²) in [6, 6.07) is 2.40. The van der Waals surface area contributed by atoms with Gasteiger partial charge in [0.05, 0.1) is 19.0 Å². The van der Waals surface area contributed by atoms with Crippen LogP contribution in [0.3, 0.4) is 0 Å². The average Bonchev–Trinajstić information content (AvgIpc) is 2.35. The lowest BCUT2D eigenvalue weighted by Gasteiger charge is -2.13. The van der Waals surface area contributed by atoms with Gasteiger partial charge in [-0.2, -0.15) is 0 Å². The lowest BCUT2D eigenvalue weighted by atomic mass is 10.2. The van der Waals surface area contributed by atoms with Crippen molar-refractivity contribution in [2.24, 2.45) is 0 Å². The predicted octanol–water partition coefficient (Wildman–Crippen LogP) is 0.767. The van der Waals surface area contributed by atoms with E-state index in [1.165, 1.54) is 19.4 Å². The van der Waals surface area contributed by atoms with Crippen LogP contribution < -0.4 is 11.1 Å². The standard InChI is InChI=1S/C11H15N3O3.ClH/c1-3-8(11(16)17-2)14-10(15)9-5-4-7(12)6-13-9;/h4-6,8H,3,12H2,1-2H3,(H,14,15);1H. The zero-order valence-corrected chi connectivity index (χ0v) is 11.0. The molecule has 7 heteroatoms. The minimum absolute atomic E-state index is 0. The van der Waals surface area contributed by atoms with Crippen LogP contribution in [-0.4, -0.2) is 30.0 Å². The number of nitrogens with zero attached hydrogens (tertiary/aromatic N) is 1. The number of anilines is 1. The molecular weight excluding hydrogens is 258 g/mol. The predicted molar refractivity (Wildman–Crippen MR) is 69.5 cm³/mol. The molecule has 0 aliphatic carbocycles. The van der Waals surface area contributed by atoms with E-state index < -0.39 is 17.9 Å². The van der Waals surface area contributed by atoms with Crippen molar-refractivity contribution in [2.45, 2.75) is 19.4 Å². The van der Waals surface area contributed by atoms with Crippen LogP contribution in [0.25, 0.3) is 0 Å². The van der Waals surface area contributed by atoms with Crippen molar-refractivity contribution in [3.8, 4) is 0 Å². The van der Waals surface area contributed by atoms with Crippen LogP contribution in [0.15, 0.2) is 18.3 Å². The first-order valence-electron chi connectivity index (χ1n) is 5.18. The summed E-state index contributed by atoms with van der Waals surface area (Å²) in [7, 11) is 1.28. The fraction of sp³-hybridized carbons (Fsp3) is 0.364. The molecule has 0 aromatic carbocycles. The zero-order valence-electron chi connectivity index (χ0n) is 10.2. The number of rotatable bonds is 4. The van der Waals surface area contributed by atoms with Crippen molar-refractivity contribution >= 4 is 30.0 Å². The largest absolute Gasteiger partial charge is 0.467 e. The molecule has 0 spiro atoms. The number of nitrogens with one attached hydrogen (secondary N) is 1. The van der Waals surface area contributed by atoms with E-state index in [9.17, 15) is 9.59 Å². The van der Waals surface area contributed by atoms with Crippen molar-refractivity contribution in [2.75, 3.05) is 12.8 Å². The molecule has 6 nitrogen and oxygen atoms in total. The normalized spacial score (nSPS) is 11.0. The summed E-state index contributed by atoms with van der Waals surface area (Å²) < 4.78 is 4.57.